The van der Waals surface area contributed by atoms with Crippen LogP contribution in [0.3, 0.4) is 0 Å². The minimum atomic E-state index is -0.784. The van der Waals surface area contributed by atoms with E-state index in [-0.39, 0.29) is 12.8 Å². The van der Waals surface area contributed by atoms with E-state index in [2.05, 4.69) is 28.5 Å². The molecule has 0 bridgehead atoms. The van der Waals surface area contributed by atoms with Crippen LogP contribution in [-0.2, 0) is 9.63 Å². The first kappa shape index (κ1) is 17.9. The van der Waals surface area contributed by atoms with E-state index in [1.807, 2.05) is 0 Å². The second kappa shape index (κ2) is 12.0. The first-order valence-corrected chi connectivity index (χ1v) is 6.19. The Morgan fingerprint density at radius 1 is 1.40 bits per heavy atom. The van der Waals surface area contributed by atoms with Crippen LogP contribution in [0.4, 0.5) is 0 Å². The molecule has 0 spiro atoms. The fraction of sp³-hybridized carbons (Fsp3) is 0.400. The summed E-state index contributed by atoms with van der Waals surface area (Å²) in [5.41, 5.74) is 0. The zero-order valence-electron chi connectivity index (χ0n) is 11.3. The van der Waals surface area contributed by atoms with Crippen LogP contribution in [0, 0.1) is 24.2 Å². The molecule has 0 aliphatic heterocycles. The van der Waals surface area contributed by atoms with Gasteiger partial charge >= 0.3 is 5.97 Å². The molecular formula is C15H20NO4+. The standard InChI is InChI=1S/C15H20NO4/c1-2-8-13(17)9-5-3-4-6-10-14(18)11-7-12-15(19)20-16/h1,3-5,9,13-14,17-18H,7-8,11-12H2,16H3/q+1. The second-order valence-corrected chi connectivity index (χ2v) is 3.93. The molecule has 0 radical (unpaired) electrons. The van der Waals surface area contributed by atoms with E-state index in [0.717, 1.165) is 0 Å². The number of quaternary nitrogens is 1. The van der Waals surface area contributed by atoms with Crippen LogP contribution in [0.15, 0.2) is 24.3 Å². The summed E-state index contributed by atoms with van der Waals surface area (Å²) in [6.45, 7) is 0. The monoisotopic (exact) mass is 278 g/mol. The number of terminal acetylenes is 1. The lowest BCUT2D eigenvalue weighted by molar-refractivity contribution is -0.657. The number of carbonyl (C=O) groups is 1. The SMILES string of the molecule is C#CCC(O)C=CC=CC#CC(O)CCCC(=O)O[NH3+]. The zero-order chi connectivity index (χ0) is 15.2. The largest absolute Gasteiger partial charge is 0.388 e. The van der Waals surface area contributed by atoms with Gasteiger partial charge in [-0.1, -0.05) is 30.1 Å². The molecular weight excluding hydrogens is 258 g/mol. The quantitative estimate of drug-likeness (QED) is 0.339. The Balaban J connectivity index is 3.90. The summed E-state index contributed by atoms with van der Waals surface area (Å²) in [6.07, 6.45) is 11.3. The molecule has 0 amide bonds. The molecule has 0 aromatic heterocycles. The van der Waals surface area contributed by atoms with Crippen molar-refractivity contribution in [2.45, 2.75) is 37.9 Å². The van der Waals surface area contributed by atoms with E-state index in [4.69, 9.17) is 6.42 Å². The third-order valence-corrected chi connectivity index (χ3v) is 2.22. The van der Waals surface area contributed by atoms with Gasteiger partial charge < -0.3 is 10.2 Å². The third-order valence-electron chi connectivity index (χ3n) is 2.22. The number of aliphatic hydroxyl groups excluding tert-OH is 2. The Labute approximate surface area is 119 Å². The lowest BCUT2D eigenvalue weighted by Crippen LogP contribution is -2.51. The molecule has 0 fully saturated rings. The first-order chi connectivity index (χ1) is 9.60. The number of rotatable bonds is 7. The van der Waals surface area contributed by atoms with Crippen molar-refractivity contribution in [1.29, 1.82) is 0 Å². The average Bonchev–Trinajstić information content (AvgIpc) is 2.42. The van der Waals surface area contributed by atoms with E-state index in [9.17, 15) is 15.0 Å². The minimum Gasteiger partial charge on any atom is -0.388 e. The Kier molecular flexibility index (Phi) is 10.8. The van der Waals surface area contributed by atoms with Crippen molar-refractivity contribution >= 4 is 5.97 Å². The number of hydrogen-bond acceptors (Lipinski definition) is 4. The summed E-state index contributed by atoms with van der Waals surface area (Å²) in [5, 5.41) is 18.8. The fourth-order valence-corrected chi connectivity index (χ4v) is 1.21. The fourth-order valence-electron chi connectivity index (χ4n) is 1.21. The number of allylic oxidation sites excluding steroid dienone is 3. The van der Waals surface area contributed by atoms with Gasteiger partial charge in [0.1, 0.15) is 6.10 Å². The highest BCUT2D eigenvalue weighted by Gasteiger charge is 2.05. The molecule has 5 nitrogen and oxygen atoms in total. The van der Waals surface area contributed by atoms with Crippen LogP contribution in [-0.4, -0.2) is 28.4 Å². The van der Waals surface area contributed by atoms with E-state index in [1.165, 1.54) is 0 Å². The van der Waals surface area contributed by atoms with Gasteiger partial charge in [0.25, 0.3) is 0 Å². The predicted octanol–water partition coefficient (Wildman–Crippen LogP) is -0.282. The molecule has 108 valence electrons. The smallest absolute Gasteiger partial charge is 0.366 e. The summed E-state index contributed by atoms with van der Waals surface area (Å²) in [6, 6.07) is 0. The number of carbonyl (C=O) groups excluding carboxylic acids is 1. The summed E-state index contributed by atoms with van der Waals surface area (Å²) < 4.78 is 0. The van der Waals surface area contributed by atoms with Crippen molar-refractivity contribution in [3.63, 3.8) is 0 Å². The molecule has 2 unspecified atom stereocenters. The van der Waals surface area contributed by atoms with Gasteiger partial charge in [0, 0.05) is 6.42 Å². The molecule has 0 aromatic rings. The lowest BCUT2D eigenvalue weighted by Gasteiger charge is -2.00. The maximum Gasteiger partial charge on any atom is 0.366 e. The minimum absolute atomic E-state index is 0.216. The molecule has 0 aliphatic carbocycles. The maximum absolute atomic E-state index is 10.8. The Morgan fingerprint density at radius 3 is 2.80 bits per heavy atom. The van der Waals surface area contributed by atoms with Crippen LogP contribution in [0.2, 0.25) is 0 Å². The molecule has 2 atom stereocenters. The Bertz CT molecular complexity index is 437. The van der Waals surface area contributed by atoms with Crippen LogP contribution in [0.25, 0.3) is 0 Å². The molecule has 0 saturated heterocycles. The molecule has 5 N–H and O–H groups in total. The van der Waals surface area contributed by atoms with Gasteiger partial charge in [-0.3, -0.25) is 4.84 Å². The van der Waals surface area contributed by atoms with Gasteiger partial charge in [-0.05, 0) is 18.9 Å². The van der Waals surface area contributed by atoms with Gasteiger partial charge in [0.05, 0.1) is 12.5 Å². The predicted molar refractivity (Wildman–Crippen MR) is 74.4 cm³/mol. The van der Waals surface area contributed by atoms with E-state index < -0.39 is 18.2 Å². The van der Waals surface area contributed by atoms with Crippen molar-refractivity contribution in [3.8, 4) is 24.2 Å². The van der Waals surface area contributed by atoms with E-state index >= 15 is 0 Å². The summed E-state index contributed by atoms with van der Waals surface area (Å²) in [5.74, 6) is 10.2. The Morgan fingerprint density at radius 2 is 2.15 bits per heavy atom. The van der Waals surface area contributed by atoms with Gasteiger partial charge in [-0.25, -0.2) is 4.79 Å². The van der Waals surface area contributed by atoms with Gasteiger partial charge in [0.15, 0.2) is 0 Å². The van der Waals surface area contributed by atoms with Crippen LogP contribution < -0.4 is 5.90 Å². The van der Waals surface area contributed by atoms with E-state index in [1.54, 1.807) is 24.3 Å². The van der Waals surface area contributed by atoms with Crippen molar-refractivity contribution < 1.29 is 25.7 Å². The third kappa shape index (κ3) is 11.1. The summed E-state index contributed by atoms with van der Waals surface area (Å²) >= 11 is 0. The first-order valence-electron chi connectivity index (χ1n) is 6.19. The van der Waals surface area contributed by atoms with Crippen LogP contribution in [0.1, 0.15) is 25.7 Å². The van der Waals surface area contributed by atoms with Crippen molar-refractivity contribution in [2.24, 2.45) is 0 Å². The topological polar surface area (TPSA) is 94.4 Å². The van der Waals surface area contributed by atoms with E-state index in [0.29, 0.717) is 12.8 Å². The normalized spacial score (nSPS) is 13.5. The van der Waals surface area contributed by atoms with Crippen LogP contribution >= 0.6 is 0 Å². The highest BCUT2D eigenvalue weighted by Crippen LogP contribution is 2.00. The maximum atomic E-state index is 10.8. The average molecular weight is 278 g/mol. The van der Waals surface area contributed by atoms with Crippen molar-refractivity contribution in [2.75, 3.05) is 0 Å². The van der Waals surface area contributed by atoms with Crippen molar-refractivity contribution in [3.05, 3.63) is 24.3 Å². The molecule has 0 saturated carbocycles. The number of hydrogen-bond donors (Lipinski definition) is 3. The second-order valence-electron chi connectivity index (χ2n) is 3.93. The van der Waals surface area contributed by atoms with Gasteiger partial charge in [0.2, 0.25) is 0 Å². The molecule has 0 aliphatic rings. The molecule has 0 rings (SSSR count). The Hall–Kier alpha value is -2.05. The highest BCUT2D eigenvalue weighted by molar-refractivity contribution is 5.68. The highest BCUT2D eigenvalue weighted by atomic mass is 16.7. The lowest BCUT2D eigenvalue weighted by atomic mass is 10.1. The number of aliphatic hydroxyl groups is 2. The summed E-state index contributed by atoms with van der Waals surface area (Å²) in [7, 11) is 0. The molecule has 0 aromatic carbocycles. The van der Waals surface area contributed by atoms with Crippen LogP contribution in [0.5, 0.6) is 0 Å². The summed E-state index contributed by atoms with van der Waals surface area (Å²) in [4.78, 5) is 15.0. The molecule has 20 heavy (non-hydrogen) atoms. The van der Waals surface area contributed by atoms with Gasteiger partial charge in [-0.15, -0.1) is 12.3 Å². The van der Waals surface area contributed by atoms with Crippen molar-refractivity contribution in [1.82, 2.24) is 0 Å². The molecule has 5 heteroatoms. The molecule has 0 heterocycles. The zero-order valence-corrected chi connectivity index (χ0v) is 11.3. The van der Waals surface area contributed by atoms with Gasteiger partial charge in [-0.2, -0.15) is 5.90 Å².